The second-order valence-corrected chi connectivity index (χ2v) is 5.47. The highest BCUT2D eigenvalue weighted by Crippen LogP contribution is 2.23. The summed E-state index contributed by atoms with van der Waals surface area (Å²) in [6.45, 7) is 2.47. The van der Waals surface area contributed by atoms with E-state index < -0.39 is 0 Å². The normalized spacial score (nSPS) is 15.1. The highest BCUT2D eigenvalue weighted by molar-refractivity contribution is 6.04. The van der Waals surface area contributed by atoms with E-state index in [0.29, 0.717) is 48.9 Å². The molecule has 0 unspecified atom stereocenters. The zero-order chi connectivity index (χ0) is 16.9. The summed E-state index contributed by atoms with van der Waals surface area (Å²) in [5.74, 6) is 0.794. The number of pyridine rings is 1. The molecule has 1 amide bonds. The largest absolute Gasteiger partial charge is 0.455 e. The molecule has 1 aliphatic rings. The molecule has 0 aliphatic carbocycles. The number of carbonyl (C=O) groups is 2. The van der Waals surface area contributed by atoms with Crippen molar-refractivity contribution >= 4 is 20.2 Å². The first kappa shape index (κ1) is 16.2. The van der Waals surface area contributed by atoms with E-state index in [1.54, 1.807) is 46.1 Å². The van der Waals surface area contributed by atoms with Crippen LogP contribution in [0.4, 0.5) is 0 Å². The molecule has 7 heteroatoms. The van der Waals surface area contributed by atoms with Gasteiger partial charge in [0.1, 0.15) is 17.2 Å². The lowest BCUT2D eigenvalue weighted by atomic mass is 10.2. The van der Waals surface area contributed by atoms with E-state index in [2.05, 4.69) is 4.98 Å². The Labute approximate surface area is 141 Å². The minimum absolute atomic E-state index is 0.122. The minimum Gasteiger partial charge on any atom is -0.455 e. The van der Waals surface area contributed by atoms with Crippen LogP contribution in [0.5, 0.6) is 11.5 Å². The van der Waals surface area contributed by atoms with Gasteiger partial charge in [-0.15, -0.1) is 0 Å². The van der Waals surface area contributed by atoms with Gasteiger partial charge in [-0.25, -0.2) is 4.98 Å². The minimum atomic E-state index is -0.122. The van der Waals surface area contributed by atoms with Crippen LogP contribution in [0.25, 0.3) is 0 Å². The first-order chi connectivity index (χ1) is 11.7. The Balaban J connectivity index is 1.69. The zero-order valence-corrected chi connectivity index (χ0v) is 13.1. The van der Waals surface area contributed by atoms with Crippen LogP contribution in [-0.2, 0) is 0 Å². The lowest BCUT2D eigenvalue weighted by molar-refractivity contribution is 0.0693. The van der Waals surface area contributed by atoms with Gasteiger partial charge in [-0.2, -0.15) is 0 Å². The number of piperazine rings is 1. The summed E-state index contributed by atoms with van der Waals surface area (Å²) < 4.78 is 5.65. The number of amides is 1. The van der Waals surface area contributed by atoms with Crippen LogP contribution in [0.1, 0.15) is 20.8 Å². The second kappa shape index (κ2) is 7.27. The number of benzene rings is 1. The van der Waals surface area contributed by atoms with Crippen molar-refractivity contribution < 1.29 is 14.3 Å². The fourth-order valence-electron chi connectivity index (χ4n) is 2.45. The molecule has 0 atom stereocenters. The number of nitrogens with zero attached hydrogens (tertiary/aromatic N) is 3. The highest BCUT2D eigenvalue weighted by atomic mass is 16.5. The van der Waals surface area contributed by atoms with Gasteiger partial charge in [0.05, 0.1) is 11.8 Å². The van der Waals surface area contributed by atoms with Crippen LogP contribution in [0.15, 0.2) is 42.6 Å². The Morgan fingerprint density at radius 3 is 2.54 bits per heavy atom. The van der Waals surface area contributed by atoms with E-state index in [1.807, 2.05) is 0 Å². The van der Waals surface area contributed by atoms with Crippen molar-refractivity contribution in [2.24, 2.45) is 0 Å². The van der Waals surface area contributed by atoms with Gasteiger partial charge in [-0.05, 0) is 24.3 Å². The van der Waals surface area contributed by atoms with Crippen molar-refractivity contribution in [2.45, 2.75) is 0 Å². The molecule has 120 valence electrons. The first-order valence-electron chi connectivity index (χ1n) is 7.64. The highest BCUT2D eigenvalue weighted by Gasteiger charge is 2.21. The zero-order valence-electron chi connectivity index (χ0n) is 13.1. The van der Waals surface area contributed by atoms with E-state index in [9.17, 15) is 9.59 Å². The first-order valence-corrected chi connectivity index (χ1v) is 7.64. The number of aromatic nitrogens is 1. The summed E-state index contributed by atoms with van der Waals surface area (Å²) in [6.07, 6.45) is 2.21. The van der Waals surface area contributed by atoms with Gasteiger partial charge in [0, 0.05) is 26.2 Å². The third-order valence-electron chi connectivity index (χ3n) is 3.83. The second-order valence-electron chi connectivity index (χ2n) is 5.47. The fourth-order valence-corrected chi connectivity index (χ4v) is 2.45. The third-order valence-corrected chi connectivity index (χ3v) is 3.83. The van der Waals surface area contributed by atoms with Gasteiger partial charge in [0.25, 0.3) is 5.91 Å². The Bertz CT molecular complexity index is 728. The number of para-hydroxylation sites is 1. The quantitative estimate of drug-likeness (QED) is 0.631. The van der Waals surface area contributed by atoms with E-state index in [-0.39, 0.29) is 5.91 Å². The Kier molecular flexibility index (Phi) is 4.91. The smallest absolute Gasteiger partial charge is 0.272 e. The molecule has 0 saturated carbocycles. The molecule has 2 radical (unpaired) electrons. The maximum Gasteiger partial charge on any atom is 0.272 e. The van der Waals surface area contributed by atoms with Gasteiger partial charge in [0.15, 0.2) is 14.3 Å². The number of rotatable bonds is 4. The molecular weight excluding hydrogens is 305 g/mol. The molecule has 1 fully saturated rings. The van der Waals surface area contributed by atoms with Gasteiger partial charge in [-0.1, -0.05) is 12.1 Å². The summed E-state index contributed by atoms with van der Waals surface area (Å²) in [5.41, 5.74) is 0.814. The monoisotopic (exact) mass is 321 g/mol. The maximum absolute atomic E-state index is 12.4. The number of hydrogen-bond acceptors (Lipinski definition) is 5. The summed E-state index contributed by atoms with van der Waals surface area (Å²) in [4.78, 5) is 31.0. The van der Waals surface area contributed by atoms with Crippen LogP contribution in [0, 0.1) is 0 Å². The molecule has 1 aromatic heterocycles. The van der Waals surface area contributed by atoms with Crippen molar-refractivity contribution in [3.8, 4) is 11.5 Å². The molecule has 0 N–H and O–H groups in total. The Morgan fingerprint density at radius 2 is 1.88 bits per heavy atom. The molecule has 1 saturated heterocycles. The van der Waals surface area contributed by atoms with Crippen LogP contribution in [-0.4, -0.2) is 61.0 Å². The number of hydrogen-bond donors (Lipinski definition) is 0. The molecular formula is C17H16BN3O3. The van der Waals surface area contributed by atoms with Crippen LogP contribution < -0.4 is 4.74 Å². The molecule has 1 aliphatic heterocycles. The average molecular weight is 321 g/mol. The van der Waals surface area contributed by atoms with Gasteiger partial charge >= 0.3 is 0 Å². The van der Waals surface area contributed by atoms with Crippen molar-refractivity contribution in [1.29, 1.82) is 0 Å². The van der Waals surface area contributed by atoms with Gasteiger partial charge in [0.2, 0.25) is 0 Å². The number of aldehydes is 1. The molecule has 2 aromatic rings. The maximum atomic E-state index is 12.4. The molecule has 24 heavy (non-hydrogen) atoms. The summed E-state index contributed by atoms with van der Waals surface area (Å²) in [5, 5.41) is 0. The molecule has 6 nitrogen and oxygen atoms in total. The van der Waals surface area contributed by atoms with Crippen LogP contribution in [0.3, 0.4) is 0 Å². The fraction of sp³-hybridized carbons (Fsp3) is 0.235. The molecule has 3 rings (SSSR count). The van der Waals surface area contributed by atoms with E-state index in [1.165, 1.54) is 6.20 Å². The number of ether oxygens (including phenoxy) is 1. The SMILES string of the molecule is [B]N1CCN(C(=O)c2ccc(Oc3ccccc3C=O)cn2)CC1. The van der Waals surface area contributed by atoms with Gasteiger partial charge < -0.3 is 14.4 Å². The van der Waals surface area contributed by atoms with Crippen molar-refractivity contribution in [1.82, 2.24) is 14.7 Å². The van der Waals surface area contributed by atoms with Crippen molar-refractivity contribution in [3.63, 3.8) is 0 Å². The molecule has 0 spiro atoms. The predicted octanol–water partition coefficient (Wildman–Crippen LogP) is 1.53. The van der Waals surface area contributed by atoms with Crippen molar-refractivity contribution in [3.05, 3.63) is 53.9 Å². The van der Waals surface area contributed by atoms with Crippen LogP contribution in [0.2, 0.25) is 0 Å². The predicted molar refractivity (Wildman–Crippen MR) is 89.4 cm³/mol. The van der Waals surface area contributed by atoms with Crippen molar-refractivity contribution in [2.75, 3.05) is 26.2 Å². The Morgan fingerprint density at radius 1 is 1.12 bits per heavy atom. The lowest BCUT2D eigenvalue weighted by Gasteiger charge is -2.32. The molecule has 2 heterocycles. The summed E-state index contributed by atoms with van der Waals surface area (Å²) in [6, 6.07) is 10.2. The third kappa shape index (κ3) is 3.63. The van der Waals surface area contributed by atoms with E-state index in [0.717, 1.165) is 6.29 Å². The average Bonchev–Trinajstić information content (AvgIpc) is 2.63. The summed E-state index contributed by atoms with van der Waals surface area (Å²) in [7, 11) is 5.69. The van der Waals surface area contributed by atoms with E-state index >= 15 is 0 Å². The molecule has 0 bridgehead atoms. The number of carbonyl (C=O) groups excluding carboxylic acids is 2. The van der Waals surface area contributed by atoms with Crippen LogP contribution >= 0.6 is 0 Å². The van der Waals surface area contributed by atoms with Gasteiger partial charge in [-0.3, -0.25) is 9.59 Å². The molecule has 1 aromatic carbocycles. The van der Waals surface area contributed by atoms with E-state index in [4.69, 9.17) is 12.7 Å². The lowest BCUT2D eigenvalue weighted by Crippen LogP contribution is -2.47. The Hall–Kier alpha value is -2.67. The standard InChI is InChI=1S/C17H16BN3O3/c18-21-9-7-20(8-10-21)17(23)15-6-5-14(11-19-15)24-16-4-2-1-3-13(16)12-22/h1-6,11-12H,7-10H2. The topological polar surface area (TPSA) is 62.7 Å². The summed E-state index contributed by atoms with van der Waals surface area (Å²) >= 11 is 0.